The van der Waals surface area contributed by atoms with Crippen LogP contribution in [0, 0.1) is 5.41 Å². The highest BCUT2D eigenvalue weighted by molar-refractivity contribution is 6.71. The van der Waals surface area contributed by atoms with Crippen LogP contribution in [0.5, 0.6) is 5.75 Å². The summed E-state index contributed by atoms with van der Waals surface area (Å²) in [6, 6.07) is 18.7. The lowest BCUT2D eigenvalue weighted by Crippen LogP contribution is -2.41. The summed E-state index contributed by atoms with van der Waals surface area (Å²) in [5, 5.41) is 0. The molecule has 0 atom stereocenters. The normalized spacial score (nSPS) is 19.1. The molecule has 2 aromatic rings. The highest BCUT2D eigenvalue weighted by Crippen LogP contribution is 2.46. The van der Waals surface area contributed by atoms with Gasteiger partial charge >= 0.3 is 7.12 Å². The van der Waals surface area contributed by atoms with Crippen molar-refractivity contribution in [2.75, 3.05) is 7.11 Å². The van der Waals surface area contributed by atoms with Crippen molar-refractivity contribution < 1.29 is 14.0 Å². The third kappa shape index (κ3) is 4.29. The largest absolute Gasteiger partial charge is 0.497 e. The Balaban J connectivity index is 2.27. The lowest BCUT2D eigenvalue weighted by atomic mass is 9.65. The van der Waals surface area contributed by atoms with Crippen molar-refractivity contribution in [2.24, 2.45) is 5.41 Å². The maximum atomic E-state index is 6.52. The third-order valence-electron chi connectivity index (χ3n) is 5.97. The van der Waals surface area contributed by atoms with Gasteiger partial charge in [-0.1, -0.05) is 63.2 Å². The van der Waals surface area contributed by atoms with Crippen molar-refractivity contribution in [1.29, 1.82) is 0 Å². The molecule has 1 heterocycles. The first-order valence-electron chi connectivity index (χ1n) is 10.3. The highest BCUT2D eigenvalue weighted by atomic mass is 16.7. The van der Waals surface area contributed by atoms with E-state index in [1.165, 1.54) is 11.1 Å². The lowest BCUT2D eigenvalue weighted by molar-refractivity contribution is 0.00578. The second-order valence-electron chi connectivity index (χ2n) is 9.72. The van der Waals surface area contributed by atoms with Gasteiger partial charge in [0.05, 0.1) is 18.3 Å². The average Bonchev–Trinajstić information content (AvgIpc) is 2.86. The standard InChI is InChI=1S/C25H33BO3/c1-23(2,3)21(18-12-10-9-11-13-18)22(19-14-16-20(27-8)17-15-19)26-28-24(4,5)25(6,7)29-26/h9-17H,1-8H3/b22-21+. The summed E-state index contributed by atoms with van der Waals surface area (Å²) in [5.74, 6) is 0.832. The van der Waals surface area contributed by atoms with Crippen molar-refractivity contribution in [3.05, 3.63) is 65.7 Å². The van der Waals surface area contributed by atoms with Crippen molar-refractivity contribution in [1.82, 2.24) is 0 Å². The van der Waals surface area contributed by atoms with Gasteiger partial charge < -0.3 is 14.0 Å². The van der Waals surface area contributed by atoms with Gasteiger partial charge in [0.1, 0.15) is 5.75 Å². The monoisotopic (exact) mass is 392 g/mol. The van der Waals surface area contributed by atoms with E-state index in [9.17, 15) is 0 Å². The summed E-state index contributed by atoms with van der Waals surface area (Å²) in [6.45, 7) is 15.1. The Morgan fingerprint density at radius 3 is 1.76 bits per heavy atom. The van der Waals surface area contributed by atoms with Crippen LogP contribution < -0.4 is 4.74 Å². The predicted molar refractivity (Wildman–Crippen MR) is 122 cm³/mol. The summed E-state index contributed by atoms with van der Waals surface area (Å²) in [7, 11) is 1.23. The molecular formula is C25H33BO3. The molecule has 154 valence electrons. The molecule has 0 N–H and O–H groups in total. The van der Waals surface area contributed by atoms with Crippen LogP contribution in [0.2, 0.25) is 0 Å². The number of hydrogen-bond acceptors (Lipinski definition) is 3. The molecule has 29 heavy (non-hydrogen) atoms. The number of allylic oxidation sites excluding steroid dienone is 1. The fourth-order valence-electron chi connectivity index (χ4n) is 3.73. The minimum Gasteiger partial charge on any atom is -0.497 e. The number of ether oxygens (including phenoxy) is 1. The van der Waals surface area contributed by atoms with Crippen molar-refractivity contribution in [3.63, 3.8) is 0 Å². The van der Waals surface area contributed by atoms with Gasteiger partial charge in [-0.25, -0.2) is 0 Å². The highest BCUT2D eigenvalue weighted by Gasteiger charge is 2.53. The average molecular weight is 392 g/mol. The van der Waals surface area contributed by atoms with Gasteiger partial charge in [0.2, 0.25) is 0 Å². The molecule has 1 saturated heterocycles. The van der Waals surface area contributed by atoms with Crippen LogP contribution in [-0.4, -0.2) is 25.4 Å². The van der Waals surface area contributed by atoms with Crippen LogP contribution in [0.3, 0.4) is 0 Å². The number of hydrogen-bond donors (Lipinski definition) is 0. The Bertz CT molecular complexity index is 859. The lowest BCUT2D eigenvalue weighted by Gasteiger charge is -2.32. The van der Waals surface area contributed by atoms with Gasteiger partial charge in [0.25, 0.3) is 0 Å². The summed E-state index contributed by atoms with van der Waals surface area (Å²) < 4.78 is 18.4. The molecule has 0 bridgehead atoms. The smallest absolute Gasteiger partial charge is 0.495 e. The molecule has 1 aliphatic rings. The second-order valence-corrected chi connectivity index (χ2v) is 9.72. The summed E-state index contributed by atoms with van der Waals surface area (Å²) in [5.41, 5.74) is 3.63. The summed E-state index contributed by atoms with van der Waals surface area (Å²) in [6.07, 6.45) is 0. The third-order valence-corrected chi connectivity index (χ3v) is 5.97. The molecule has 0 saturated carbocycles. The van der Waals surface area contributed by atoms with E-state index in [-0.39, 0.29) is 5.41 Å². The predicted octanol–water partition coefficient (Wildman–Crippen LogP) is 6.28. The molecule has 0 aliphatic carbocycles. The van der Waals surface area contributed by atoms with Crippen molar-refractivity contribution in [2.45, 2.75) is 59.7 Å². The Morgan fingerprint density at radius 1 is 0.793 bits per heavy atom. The molecule has 1 fully saturated rings. The quantitative estimate of drug-likeness (QED) is 0.453. The van der Waals surface area contributed by atoms with Gasteiger partial charge in [0, 0.05) is 0 Å². The van der Waals surface area contributed by atoms with Gasteiger partial charge in [-0.05, 0) is 67.4 Å². The molecule has 2 aromatic carbocycles. The number of benzene rings is 2. The zero-order valence-corrected chi connectivity index (χ0v) is 19.0. The fourth-order valence-corrected chi connectivity index (χ4v) is 3.73. The van der Waals surface area contributed by atoms with Crippen LogP contribution in [-0.2, 0) is 9.31 Å². The molecule has 0 aromatic heterocycles. The Morgan fingerprint density at radius 2 is 1.31 bits per heavy atom. The Hall–Kier alpha value is -2.04. The second kappa shape index (κ2) is 7.66. The molecular weight excluding hydrogens is 359 g/mol. The topological polar surface area (TPSA) is 27.7 Å². The molecule has 0 amide bonds. The van der Waals surface area contributed by atoms with Crippen LogP contribution in [0.15, 0.2) is 54.6 Å². The van der Waals surface area contributed by atoms with Crippen LogP contribution in [0.1, 0.15) is 59.6 Å². The first-order valence-corrected chi connectivity index (χ1v) is 10.3. The SMILES string of the molecule is COc1ccc(/C(B2OC(C)(C)C(C)(C)O2)=C(/c2ccccc2)C(C)(C)C)cc1. The van der Waals surface area contributed by atoms with Gasteiger partial charge in [0.15, 0.2) is 0 Å². The molecule has 0 unspecified atom stereocenters. The minimum absolute atomic E-state index is 0.111. The molecule has 0 spiro atoms. The molecule has 0 radical (unpaired) electrons. The van der Waals surface area contributed by atoms with E-state index < -0.39 is 18.3 Å². The van der Waals surface area contributed by atoms with E-state index >= 15 is 0 Å². The summed E-state index contributed by atoms with van der Waals surface area (Å²) >= 11 is 0. The fraction of sp³-hybridized carbons (Fsp3) is 0.440. The Kier molecular flexibility index (Phi) is 5.72. The van der Waals surface area contributed by atoms with Crippen LogP contribution >= 0.6 is 0 Å². The maximum absolute atomic E-state index is 6.52. The Labute approximate surface area is 176 Å². The van der Waals surface area contributed by atoms with Gasteiger partial charge in [-0.2, -0.15) is 0 Å². The zero-order valence-electron chi connectivity index (χ0n) is 19.0. The van der Waals surface area contributed by atoms with E-state index in [1.54, 1.807) is 7.11 Å². The van der Waals surface area contributed by atoms with E-state index in [2.05, 4.69) is 84.9 Å². The van der Waals surface area contributed by atoms with Crippen LogP contribution in [0.4, 0.5) is 0 Å². The molecule has 3 nitrogen and oxygen atoms in total. The van der Waals surface area contributed by atoms with Crippen molar-refractivity contribution >= 4 is 18.2 Å². The number of rotatable bonds is 4. The van der Waals surface area contributed by atoms with Crippen molar-refractivity contribution in [3.8, 4) is 5.75 Å². The van der Waals surface area contributed by atoms with E-state index in [4.69, 9.17) is 14.0 Å². The van der Waals surface area contributed by atoms with E-state index in [1.807, 2.05) is 18.2 Å². The van der Waals surface area contributed by atoms with Crippen LogP contribution in [0.25, 0.3) is 11.0 Å². The first-order chi connectivity index (χ1) is 13.5. The number of methoxy groups -OCH3 is 1. The summed E-state index contributed by atoms with van der Waals surface area (Å²) in [4.78, 5) is 0. The van der Waals surface area contributed by atoms with E-state index in [0.29, 0.717) is 0 Å². The zero-order chi connectivity index (χ0) is 21.4. The first kappa shape index (κ1) is 21.7. The minimum atomic E-state index is -0.456. The van der Waals surface area contributed by atoms with Gasteiger partial charge in [-0.15, -0.1) is 0 Å². The van der Waals surface area contributed by atoms with E-state index in [0.717, 1.165) is 16.8 Å². The molecule has 3 rings (SSSR count). The molecule has 1 aliphatic heterocycles. The maximum Gasteiger partial charge on any atom is 0.495 e. The molecule has 4 heteroatoms. The van der Waals surface area contributed by atoms with Gasteiger partial charge in [-0.3, -0.25) is 0 Å².